The fourth-order valence-corrected chi connectivity index (χ4v) is 3.09. The van der Waals surface area contributed by atoms with Crippen molar-refractivity contribution in [3.63, 3.8) is 0 Å². The number of carboxylic acids is 1. The number of carboxylic acid groups (broad SMARTS) is 1. The zero-order chi connectivity index (χ0) is 14.9. The van der Waals surface area contributed by atoms with Crippen molar-refractivity contribution < 1.29 is 14.7 Å². The normalized spacial score (nSPS) is 17.1. The molecule has 4 nitrogen and oxygen atoms in total. The molecule has 1 heterocycles. The van der Waals surface area contributed by atoms with Crippen LogP contribution in [0.1, 0.15) is 5.56 Å². The highest BCUT2D eigenvalue weighted by molar-refractivity contribution is 8.26. The van der Waals surface area contributed by atoms with Gasteiger partial charge in [-0.3, -0.25) is 14.5 Å². The van der Waals surface area contributed by atoms with Gasteiger partial charge in [-0.2, -0.15) is 0 Å². The lowest BCUT2D eigenvalue weighted by atomic mass is 10.2. The first kappa shape index (κ1) is 15.3. The number of carbonyl (C=O) groups excluding carboxylic acids is 1. The average Bonchev–Trinajstić information content (AvgIpc) is 2.61. The highest BCUT2D eigenvalue weighted by atomic mass is 35.5. The molecule has 0 bridgehead atoms. The summed E-state index contributed by atoms with van der Waals surface area (Å²) in [5, 5.41) is 9.53. The van der Waals surface area contributed by atoms with Crippen LogP contribution in [0.15, 0.2) is 23.1 Å². The summed E-state index contributed by atoms with van der Waals surface area (Å²) in [5.41, 5.74) is 0.690. The Morgan fingerprint density at radius 1 is 1.40 bits per heavy atom. The topological polar surface area (TPSA) is 57.6 Å². The largest absolute Gasteiger partial charge is 0.480 e. The number of hydrogen-bond acceptors (Lipinski definition) is 4. The number of hydrogen-bond donors (Lipinski definition) is 1. The molecule has 20 heavy (non-hydrogen) atoms. The van der Waals surface area contributed by atoms with Crippen molar-refractivity contribution in [1.82, 2.24) is 4.90 Å². The van der Waals surface area contributed by atoms with Gasteiger partial charge in [0.15, 0.2) is 0 Å². The Hall–Kier alpha value is -1.08. The van der Waals surface area contributed by atoms with Gasteiger partial charge in [0.05, 0.1) is 15.0 Å². The summed E-state index contributed by atoms with van der Waals surface area (Å²) in [7, 11) is 0. The number of aliphatic carboxylic acids is 1. The Morgan fingerprint density at radius 3 is 2.70 bits per heavy atom. The van der Waals surface area contributed by atoms with E-state index in [4.69, 9.17) is 40.5 Å². The SMILES string of the molecule is O=C(O)CN1C(=O)/C(=C/c2ccc(Cl)c(Cl)c2)SC1=S. The Balaban J connectivity index is 2.27. The maximum absolute atomic E-state index is 12.0. The van der Waals surface area contributed by atoms with Crippen LogP contribution in [-0.4, -0.2) is 32.7 Å². The van der Waals surface area contributed by atoms with Gasteiger partial charge in [-0.1, -0.05) is 53.2 Å². The quantitative estimate of drug-likeness (QED) is 0.671. The number of rotatable bonds is 3. The first-order valence-corrected chi connectivity index (χ1v) is 7.29. The molecule has 0 atom stereocenters. The monoisotopic (exact) mass is 347 g/mol. The van der Waals surface area contributed by atoms with Crippen molar-refractivity contribution in [3.05, 3.63) is 38.7 Å². The third-order valence-electron chi connectivity index (χ3n) is 2.41. The number of carbonyl (C=O) groups is 2. The van der Waals surface area contributed by atoms with Crippen LogP contribution in [0.3, 0.4) is 0 Å². The van der Waals surface area contributed by atoms with Crippen LogP contribution in [0.5, 0.6) is 0 Å². The zero-order valence-electron chi connectivity index (χ0n) is 9.80. The molecule has 1 aliphatic heterocycles. The van der Waals surface area contributed by atoms with Gasteiger partial charge in [0.1, 0.15) is 10.9 Å². The number of nitrogens with zero attached hydrogens (tertiary/aromatic N) is 1. The molecule has 1 saturated heterocycles. The molecule has 0 aliphatic carbocycles. The summed E-state index contributed by atoms with van der Waals surface area (Å²) in [5.74, 6) is -1.54. The van der Waals surface area contributed by atoms with E-state index in [-0.39, 0.29) is 4.32 Å². The zero-order valence-corrected chi connectivity index (χ0v) is 12.9. The van der Waals surface area contributed by atoms with E-state index in [1.165, 1.54) is 0 Å². The van der Waals surface area contributed by atoms with Crippen LogP contribution in [0.25, 0.3) is 6.08 Å². The molecule has 1 amide bonds. The maximum Gasteiger partial charge on any atom is 0.323 e. The Bertz CT molecular complexity index is 646. The molecule has 104 valence electrons. The fraction of sp³-hybridized carbons (Fsp3) is 0.0833. The second-order valence-electron chi connectivity index (χ2n) is 3.84. The molecule has 1 N–H and O–H groups in total. The molecule has 1 fully saturated rings. The number of amides is 1. The molecule has 1 aromatic carbocycles. The van der Waals surface area contributed by atoms with Crippen LogP contribution >= 0.6 is 47.2 Å². The summed E-state index contributed by atoms with van der Waals surface area (Å²) in [6.07, 6.45) is 1.60. The Morgan fingerprint density at radius 2 is 2.10 bits per heavy atom. The van der Waals surface area contributed by atoms with Gasteiger partial charge in [0, 0.05) is 0 Å². The van der Waals surface area contributed by atoms with Crippen LogP contribution in [0.4, 0.5) is 0 Å². The predicted molar refractivity (Wildman–Crippen MR) is 84.0 cm³/mol. The average molecular weight is 348 g/mol. The molecular formula is C12H7Cl2NO3S2. The van der Waals surface area contributed by atoms with E-state index in [0.29, 0.717) is 20.5 Å². The van der Waals surface area contributed by atoms with E-state index < -0.39 is 18.4 Å². The number of benzene rings is 1. The van der Waals surface area contributed by atoms with Crippen molar-refractivity contribution in [2.24, 2.45) is 0 Å². The van der Waals surface area contributed by atoms with E-state index in [1.54, 1.807) is 24.3 Å². The minimum Gasteiger partial charge on any atom is -0.480 e. The third kappa shape index (κ3) is 3.32. The summed E-state index contributed by atoms with van der Waals surface area (Å²) in [6, 6.07) is 4.94. The van der Waals surface area contributed by atoms with Gasteiger partial charge in [0.2, 0.25) is 0 Å². The van der Waals surface area contributed by atoms with Gasteiger partial charge in [0.25, 0.3) is 5.91 Å². The van der Waals surface area contributed by atoms with Crippen LogP contribution in [-0.2, 0) is 9.59 Å². The van der Waals surface area contributed by atoms with Crippen molar-refractivity contribution in [2.45, 2.75) is 0 Å². The lowest BCUT2D eigenvalue weighted by Gasteiger charge is -2.10. The minimum absolute atomic E-state index is 0.226. The van der Waals surface area contributed by atoms with Crippen molar-refractivity contribution in [2.75, 3.05) is 6.54 Å². The predicted octanol–water partition coefficient (Wildman–Crippen LogP) is 3.28. The van der Waals surface area contributed by atoms with E-state index in [1.807, 2.05) is 0 Å². The molecule has 0 spiro atoms. The third-order valence-corrected chi connectivity index (χ3v) is 4.53. The number of halogens is 2. The minimum atomic E-state index is -1.11. The van der Waals surface area contributed by atoms with Crippen molar-refractivity contribution in [1.29, 1.82) is 0 Å². The first-order chi connectivity index (χ1) is 9.38. The standard InChI is InChI=1S/C12H7Cl2NO3S2/c13-7-2-1-6(3-8(7)14)4-9-11(18)15(5-10(16)17)12(19)20-9/h1-4H,5H2,(H,16,17)/b9-4-. The lowest BCUT2D eigenvalue weighted by molar-refractivity contribution is -0.140. The molecular weight excluding hydrogens is 341 g/mol. The second-order valence-corrected chi connectivity index (χ2v) is 6.33. The number of thiocarbonyl (C=S) groups is 1. The molecule has 0 aromatic heterocycles. The highest BCUT2D eigenvalue weighted by Gasteiger charge is 2.33. The van der Waals surface area contributed by atoms with Crippen LogP contribution in [0, 0.1) is 0 Å². The van der Waals surface area contributed by atoms with Gasteiger partial charge < -0.3 is 5.11 Å². The smallest absolute Gasteiger partial charge is 0.323 e. The Labute approximate surface area is 134 Å². The first-order valence-electron chi connectivity index (χ1n) is 5.30. The highest BCUT2D eigenvalue weighted by Crippen LogP contribution is 2.33. The van der Waals surface area contributed by atoms with E-state index in [2.05, 4.69) is 0 Å². The van der Waals surface area contributed by atoms with Gasteiger partial charge in [-0.15, -0.1) is 0 Å². The van der Waals surface area contributed by atoms with E-state index in [0.717, 1.165) is 16.7 Å². The van der Waals surface area contributed by atoms with Crippen molar-refractivity contribution in [3.8, 4) is 0 Å². The van der Waals surface area contributed by atoms with Gasteiger partial charge in [-0.05, 0) is 23.8 Å². The van der Waals surface area contributed by atoms with Crippen LogP contribution in [0.2, 0.25) is 10.0 Å². The summed E-state index contributed by atoms with van der Waals surface area (Å²) >= 11 is 17.8. The fourth-order valence-electron chi connectivity index (χ4n) is 1.53. The maximum atomic E-state index is 12.0. The summed E-state index contributed by atoms with van der Waals surface area (Å²) < 4.78 is 0.226. The summed E-state index contributed by atoms with van der Waals surface area (Å²) in [4.78, 5) is 24.1. The van der Waals surface area contributed by atoms with Crippen LogP contribution < -0.4 is 0 Å². The van der Waals surface area contributed by atoms with Gasteiger partial charge >= 0.3 is 5.97 Å². The molecule has 8 heteroatoms. The Kier molecular flexibility index (Phi) is 4.70. The molecule has 1 aromatic rings. The van der Waals surface area contributed by atoms with Crippen molar-refractivity contribution >= 4 is 69.5 Å². The number of thioether (sulfide) groups is 1. The lowest BCUT2D eigenvalue weighted by Crippen LogP contribution is -2.33. The molecule has 2 rings (SSSR count). The van der Waals surface area contributed by atoms with E-state index in [9.17, 15) is 9.59 Å². The van der Waals surface area contributed by atoms with Gasteiger partial charge in [-0.25, -0.2) is 0 Å². The molecule has 1 aliphatic rings. The molecule has 0 radical (unpaired) electrons. The summed E-state index contributed by atoms with van der Waals surface area (Å²) in [6.45, 7) is -0.441. The second kappa shape index (κ2) is 6.13. The molecule has 0 unspecified atom stereocenters. The molecule has 0 saturated carbocycles. The van der Waals surface area contributed by atoms with E-state index >= 15 is 0 Å².